The lowest BCUT2D eigenvalue weighted by atomic mass is 9.95. The van der Waals surface area contributed by atoms with Gasteiger partial charge >= 0.3 is 0 Å². The van der Waals surface area contributed by atoms with Gasteiger partial charge in [0.25, 0.3) is 0 Å². The second-order valence-corrected chi connectivity index (χ2v) is 10.3. The Kier molecular flexibility index (Phi) is 7.20. The maximum absolute atomic E-state index is 13.2. The van der Waals surface area contributed by atoms with E-state index in [1.165, 1.54) is 16.4 Å². The van der Waals surface area contributed by atoms with Gasteiger partial charge in [0.15, 0.2) is 0 Å². The minimum Gasteiger partial charge on any atom is -0.349 e. The van der Waals surface area contributed by atoms with E-state index >= 15 is 0 Å². The molecule has 1 N–H and O–H groups in total. The van der Waals surface area contributed by atoms with Crippen LogP contribution in [0, 0.1) is 11.7 Å². The van der Waals surface area contributed by atoms with Gasteiger partial charge in [0.05, 0.1) is 16.9 Å². The van der Waals surface area contributed by atoms with Crippen molar-refractivity contribution in [3.05, 3.63) is 102 Å². The summed E-state index contributed by atoms with van der Waals surface area (Å²) in [5.74, 6) is -1.09. The fraction of sp³-hybridized carbons (Fsp3) is 0.269. The van der Waals surface area contributed by atoms with Crippen molar-refractivity contribution in [2.24, 2.45) is 5.92 Å². The number of sulfonamides is 1. The highest BCUT2D eigenvalue weighted by atomic mass is 32.2. The van der Waals surface area contributed by atoms with Crippen molar-refractivity contribution in [2.45, 2.75) is 30.2 Å². The first-order chi connectivity index (χ1) is 15.9. The highest BCUT2D eigenvalue weighted by molar-refractivity contribution is 7.89. The fourth-order valence-electron chi connectivity index (χ4n) is 4.21. The highest BCUT2D eigenvalue weighted by Crippen LogP contribution is 2.26. The lowest BCUT2D eigenvalue weighted by molar-refractivity contribution is -0.126. The molecule has 3 aromatic carbocycles. The van der Waals surface area contributed by atoms with Crippen LogP contribution >= 0.6 is 0 Å². The minimum absolute atomic E-state index is 0.0381. The van der Waals surface area contributed by atoms with Gasteiger partial charge in [0.1, 0.15) is 5.82 Å². The number of piperidine rings is 1. The Morgan fingerprint density at radius 1 is 0.970 bits per heavy atom. The van der Waals surface area contributed by atoms with Crippen LogP contribution < -0.4 is 5.32 Å². The molecule has 1 saturated heterocycles. The minimum atomic E-state index is -3.79. The van der Waals surface area contributed by atoms with Gasteiger partial charge in [0.2, 0.25) is 15.9 Å². The van der Waals surface area contributed by atoms with Crippen LogP contribution in [-0.2, 0) is 21.2 Å². The van der Waals surface area contributed by atoms with E-state index < -0.39 is 21.8 Å². The van der Waals surface area contributed by atoms with Gasteiger partial charge in [-0.3, -0.25) is 4.79 Å². The topological polar surface area (TPSA) is 66.5 Å². The molecular weight excluding hydrogens is 439 g/mol. The molecule has 4 rings (SSSR count). The average Bonchev–Trinajstić information content (AvgIpc) is 2.85. The van der Waals surface area contributed by atoms with Gasteiger partial charge in [-0.15, -0.1) is 0 Å². The van der Waals surface area contributed by atoms with Crippen molar-refractivity contribution in [1.82, 2.24) is 9.62 Å². The second kappa shape index (κ2) is 10.3. The van der Waals surface area contributed by atoms with E-state index in [1.807, 2.05) is 60.7 Å². The molecule has 7 heteroatoms. The number of carbonyl (C=O) groups is 1. The summed E-state index contributed by atoms with van der Waals surface area (Å²) >= 11 is 0. The molecule has 1 aliphatic rings. The molecule has 1 fully saturated rings. The van der Waals surface area contributed by atoms with E-state index in [1.54, 1.807) is 0 Å². The number of benzene rings is 3. The standard InChI is InChI=1S/C26H27FN2O3S/c27-23-13-15-24(16-14-23)33(31,32)29-17-7-12-22(19-29)26(30)28-25(21-10-5-2-6-11-21)18-20-8-3-1-4-9-20/h1-6,8-11,13-16,22,25H,7,12,17-19H2,(H,28,30)/t22-,25+/m1/s1. The van der Waals surface area contributed by atoms with Crippen molar-refractivity contribution in [2.75, 3.05) is 13.1 Å². The van der Waals surface area contributed by atoms with Crippen molar-refractivity contribution in [1.29, 1.82) is 0 Å². The highest BCUT2D eigenvalue weighted by Gasteiger charge is 2.34. The molecule has 0 spiro atoms. The molecule has 2 atom stereocenters. The number of rotatable bonds is 7. The number of hydrogen-bond donors (Lipinski definition) is 1. The maximum atomic E-state index is 13.2. The summed E-state index contributed by atoms with van der Waals surface area (Å²) in [5.41, 5.74) is 2.11. The van der Waals surface area contributed by atoms with E-state index in [-0.39, 0.29) is 23.4 Å². The molecule has 0 aromatic heterocycles. The Morgan fingerprint density at radius 3 is 2.27 bits per heavy atom. The first-order valence-corrected chi connectivity index (χ1v) is 12.5. The molecule has 0 unspecified atom stereocenters. The molecule has 0 radical (unpaired) electrons. The molecule has 33 heavy (non-hydrogen) atoms. The summed E-state index contributed by atoms with van der Waals surface area (Å²) in [6, 6.07) is 24.3. The smallest absolute Gasteiger partial charge is 0.243 e. The summed E-state index contributed by atoms with van der Waals surface area (Å²) in [4.78, 5) is 13.3. The summed E-state index contributed by atoms with van der Waals surface area (Å²) in [7, 11) is -3.79. The van der Waals surface area contributed by atoms with Crippen LogP contribution in [-0.4, -0.2) is 31.7 Å². The number of halogens is 1. The van der Waals surface area contributed by atoms with Gasteiger partial charge in [-0.25, -0.2) is 12.8 Å². The van der Waals surface area contributed by atoms with Crippen molar-refractivity contribution in [3.8, 4) is 0 Å². The third kappa shape index (κ3) is 5.67. The van der Waals surface area contributed by atoms with Crippen LogP contribution in [0.25, 0.3) is 0 Å². The molecule has 0 bridgehead atoms. The summed E-state index contributed by atoms with van der Waals surface area (Å²) in [6.45, 7) is 0.452. The summed E-state index contributed by atoms with van der Waals surface area (Å²) in [6.07, 6.45) is 1.85. The zero-order valence-corrected chi connectivity index (χ0v) is 19.0. The van der Waals surface area contributed by atoms with Crippen LogP contribution in [0.5, 0.6) is 0 Å². The van der Waals surface area contributed by atoms with E-state index in [4.69, 9.17) is 0 Å². The largest absolute Gasteiger partial charge is 0.349 e. The zero-order valence-electron chi connectivity index (χ0n) is 18.2. The van der Waals surface area contributed by atoms with Crippen LogP contribution in [0.3, 0.4) is 0 Å². The summed E-state index contributed by atoms with van der Waals surface area (Å²) < 4.78 is 40.6. The van der Waals surface area contributed by atoms with E-state index in [9.17, 15) is 17.6 Å². The summed E-state index contributed by atoms with van der Waals surface area (Å²) in [5, 5.41) is 3.16. The van der Waals surface area contributed by atoms with E-state index in [2.05, 4.69) is 5.32 Å². The van der Waals surface area contributed by atoms with Gasteiger partial charge in [-0.1, -0.05) is 60.7 Å². The lowest BCUT2D eigenvalue weighted by Crippen LogP contribution is -2.46. The Morgan fingerprint density at radius 2 is 1.61 bits per heavy atom. The Bertz CT molecular complexity index is 1170. The number of nitrogens with zero attached hydrogens (tertiary/aromatic N) is 1. The molecule has 1 aliphatic heterocycles. The lowest BCUT2D eigenvalue weighted by Gasteiger charge is -2.32. The number of carbonyl (C=O) groups excluding carboxylic acids is 1. The SMILES string of the molecule is O=C(N[C@@H](Cc1ccccc1)c1ccccc1)[C@@H]1CCCN(S(=O)(=O)c2ccc(F)cc2)C1. The quantitative estimate of drug-likeness (QED) is 0.564. The molecule has 0 aliphatic carbocycles. The Labute approximate surface area is 194 Å². The van der Waals surface area contributed by atoms with Crippen molar-refractivity contribution in [3.63, 3.8) is 0 Å². The maximum Gasteiger partial charge on any atom is 0.243 e. The number of hydrogen-bond acceptors (Lipinski definition) is 3. The van der Waals surface area contributed by atoms with Gasteiger partial charge in [0, 0.05) is 13.1 Å². The fourth-order valence-corrected chi connectivity index (χ4v) is 5.73. The second-order valence-electron chi connectivity index (χ2n) is 8.32. The first-order valence-electron chi connectivity index (χ1n) is 11.1. The zero-order chi connectivity index (χ0) is 23.3. The first kappa shape index (κ1) is 23.1. The van der Waals surface area contributed by atoms with Crippen LogP contribution in [0.15, 0.2) is 89.8 Å². The van der Waals surface area contributed by atoms with Gasteiger partial charge in [-0.05, 0) is 54.7 Å². The normalized spacial score (nSPS) is 17.9. The Hall–Kier alpha value is -3.03. The molecule has 1 amide bonds. The predicted octanol–water partition coefficient (Wildman–Crippen LogP) is 4.33. The third-order valence-corrected chi connectivity index (χ3v) is 7.89. The van der Waals surface area contributed by atoms with Crippen LogP contribution in [0.1, 0.15) is 30.0 Å². The molecule has 5 nitrogen and oxygen atoms in total. The third-order valence-electron chi connectivity index (χ3n) is 6.01. The molecule has 0 saturated carbocycles. The van der Waals surface area contributed by atoms with E-state index in [0.717, 1.165) is 23.3 Å². The molecular formula is C26H27FN2O3S. The van der Waals surface area contributed by atoms with E-state index in [0.29, 0.717) is 25.8 Å². The van der Waals surface area contributed by atoms with Crippen molar-refractivity contribution < 1.29 is 17.6 Å². The van der Waals surface area contributed by atoms with Crippen molar-refractivity contribution >= 4 is 15.9 Å². The van der Waals surface area contributed by atoms with Crippen LogP contribution in [0.4, 0.5) is 4.39 Å². The number of amides is 1. The van der Waals surface area contributed by atoms with Gasteiger partial charge in [-0.2, -0.15) is 4.31 Å². The average molecular weight is 467 g/mol. The molecule has 1 heterocycles. The van der Waals surface area contributed by atoms with Crippen LogP contribution in [0.2, 0.25) is 0 Å². The monoisotopic (exact) mass is 466 g/mol. The predicted molar refractivity (Wildman–Crippen MR) is 125 cm³/mol. The molecule has 3 aromatic rings. The van der Waals surface area contributed by atoms with Gasteiger partial charge < -0.3 is 5.32 Å². The molecule has 172 valence electrons. The Balaban J connectivity index is 1.49. The number of nitrogens with one attached hydrogen (secondary N) is 1.